The second-order valence-electron chi connectivity index (χ2n) is 7.17. The number of benzene rings is 3. The molecule has 0 unspecified atom stereocenters. The lowest BCUT2D eigenvalue weighted by Crippen LogP contribution is -2.32. The molecule has 0 bridgehead atoms. The van der Waals surface area contributed by atoms with Crippen molar-refractivity contribution < 1.29 is 18.0 Å². The Hall–Kier alpha value is -3.36. The van der Waals surface area contributed by atoms with E-state index in [1.54, 1.807) is 49.4 Å². The minimum Gasteiger partial charge on any atom is -0.343 e. The zero-order valence-corrected chi connectivity index (χ0v) is 19.0. The van der Waals surface area contributed by atoms with E-state index in [2.05, 4.69) is 15.4 Å². The predicted molar refractivity (Wildman–Crippen MR) is 126 cm³/mol. The van der Waals surface area contributed by atoms with Gasteiger partial charge in [-0.15, -0.1) is 0 Å². The van der Waals surface area contributed by atoms with Crippen molar-refractivity contribution in [2.45, 2.75) is 18.7 Å². The van der Waals surface area contributed by atoms with Gasteiger partial charge >= 0.3 is 0 Å². The maximum atomic E-state index is 12.9. The van der Waals surface area contributed by atoms with Gasteiger partial charge < -0.3 is 10.6 Å². The van der Waals surface area contributed by atoms with Crippen LogP contribution in [0.2, 0.25) is 5.02 Å². The molecule has 2 amide bonds. The van der Waals surface area contributed by atoms with Crippen LogP contribution >= 0.6 is 11.6 Å². The third-order valence-corrected chi connectivity index (χ3v) is 6.42. The van der Waals surface area contributed by atoms with Crippen molar-refractivity contribution in [1.29, 1.82) is 0 Å². The van der Waals surface area contributed by atoms with E-state index in [0.29, 0.717) is 11.3 Å². The SMILES string of the molecule is Cc1ccc(NS(=O)(=O)c2cc(NC(=O)CNC(=O)c3ccccc3)ccc2Cl)c(C)c1. The molecule has 3 N–H and O–H groups in total. The molecule has 0 atom stereocenters. The van der Waals surface area contributed by atoms with Crippen molar-refractivity contribution in [2.24, 2.45) is 0 Å². The number of rotatable bonds is 7. The number of aryl methyl sites for hydroxylation is 2. The van der Waals surface area contributed by atoms with Crippen LogP contribution in [0.15, 0.2) is 71.6 Å². The molecule has 32 heavy (non-hydrogen) atoms. The summed E-state index contributed by atoms with van der Waals surface area (Å²) < 4.78 is 28.3. The van der Waals surface area contributed by atoms with Crippen LogP contribution in [0, 0.1) is 13.8 Å². The summed E-state index contributed by atoms with van der Waals surface area (Å²) >= 11 is 6.13. The summed E-state index contributed by atoms with van der Waals surface area (Å²) in [5.41, 5.74) is 2.87. The molecule has 0 aliphatic carbocycles. The molecule has 3 rings (SSSR count). The summed E-state index contributed by atoms with van der Waals surface area (Å²) in [5.74, 6) is -0.903. The van der Waals surface area contributed by atoms with E-state index >= 15 is 0 Å². The number of sulfonamides is 1. The fourth-order valence-corrected chi connectivity index (χ4v) is 4.63. The molecule has 9 heteroatoms. The van der Waals surface area contributed by atoms with Crippen molar-refractivity contribution in [2.75, 3.05) is 16.6 Å². The first kappa shape index (κ1) is 23.3. The topological polar surface area (TPSA) is 104 Å². The quantitative estimate of drug-likeness (QED) is 0.482. The van der Waals surface area contributed by atoms with Crippen LogP contribution in [0.5, 0.6) is 0 Å². The average molecular weight is 472 g/mol. The van der Waals surface area contributed by atoms with Crippen molar-refractivity contribution >= 4 is 44.8 Å². The van der Waals surface area contributed by atoms with Crippen LogP contribution in [-0.2, 0) is 14.8 Å². The molecular formula is C23H22ClN3O4S. The van der Waals surface area contributed by atoms with Crippen molar-refractivity contribution in [3.63, 3.8) is 0 Å². The van der Waals surface area contributed by atoms with Gasteiger partial charge in [0.2, 0.25) is 5.91 Å². The number of nitrogens with one attached hydrogen (secondary N) is 3. The number of hydrogen-bond acceptors (Lipinski definition) is 4. The van der Waals surface area contributed by atoms with E-state index in [-0.39, 0.29) is 22.2 Å². The first-order valence-electron chi connectivity index (χ1n) is 9.68. The fourth-order valence-electron chi connectivity index (χ4n) is 2.97. The van der Waals surface area contributed by atoms with E-state index in [1.807, 2.05) is 13.0 Å². The van der Waals surface area contributed by atoms with Gasteiger partial charge in [0.1, 0.15) is 4.90 Å². The van der Waals surface area contributed by atoms with E-state index in [4.69, 9.17) is 11.6 Å². The molecule has 0 spiro atoms. The molecule has 0 radical (unpaired) electrons. The van der Waals surface area contributed by atoms with Gasteiger partial charge in [-0.3, -0.25) is 14.3 Å². The molecule has 0 aliphatic rings. The monoisotopic (exact) mass is 471 g/mol. The number of hydrogen-bond donors (Lipinski definition) is 3. The largest absolute Gasteiger partial charge is 0.343 e. The second kappa shape index (κ2) is 9.84. The van der Waals surface area contributed by atoms with Crippen LogP contribution in [0.3, 0.4) is 0 Å². The summed E-state index contributed by atoms with van der Waals surface area (Å²) in [5, 5.41) is 5.09. The highest BCUT2D eigenvalue weighted by molar-refractivity contribution is 7.92. The van der Waals surface area contributed by atoms with E-state index in [1.165, 1.54) is 18.2 Å². The normalized spacial score (nSPS) is 11.0. The summed E-state index contributed by atoms with van der Waals surface area (Å²) in [6, 6.07) is 18.0. The molecule has 0 saturated heterocycles. The minimum absolute atomic E-state index is 0.0117. The number of carbonyl (C=O) groups is 2. The lowest BCUT2D eigenvalue weighted by molar-refractivity contribution is -0.115. The van der Waals surface area contributed by atoms with Gasteiger partial charge in [-0.25, -0.2) is 8.42 Å². The Bertz CT molecular complexity index is 1260. The maximum absolute atomic E-state index is 12.9. The highest BCUT2D eigenvalue weighted by Gasteiger charge is 2.20. The Morgan fingerprint density at radius 2 is 1.66 bits per heavy atom. The molecule has 166 valence electrons. The summed E-state index contributed by atoms with van der Waals surface area (Å²) in [6.45, 7) is 3.43. The molecule has 0 fully saturated rings. The Kier molecular flexibility index (Phi) is 7.17. The minimum atomic E-state index is -4.00. The van der Waals surface area contributed by atoms with E-state index in [9.17, 15) is 18.0 Å². The molecule has 7 nitrogen and oxygen atoms in total. The van der Waals surface area contributed by atoms with E-state index < -0.39 is 21.8 Å². The first-order chi connectivity index (χ1) is 15.2. The Morgan fingerprint density at radius 1 is 0.938 bits per heavy atom. The molecule has 3 aromatic rings. The summed E-state index contributed by atoms with van der Waals surface area (Å²) in [7, 11) is -4.00. The maximum Gasteiger partial charge on any atom is 0.263 e. The lowest BCUT2D eigenvalue weighted by Gasteiger charge is -2.14. The third-order valence-electron chi connectivity index (χ3n) is 4.58. The van der Waals surface area contributed by atoms with Gasteiger partial charge in [-0.1, -0.05) is 47.5 Å². The van der Waals surface area contributed by atoms with Gasteiger partial charge in [0, 0.05) is 11.3 Å². The van der Waals surface area contributed by atoms with Crippen molar-refractivity contribution in [3.8, 4) is 0 Å². The Balaban J connectivity index is 1.70. The molecular weight excluding hydrogens is 450 g/mol. The first-order valence-corrected chi connectivity index (χ1v) is 11.5. The smallest absolute Gasteiger partial charge is 0.263 e. The van der Waals surface area contributed by atoms with Crippen LogP contribution in [0.25, 0.3) is 0 Å². The fraction of sp³-hybridized carbons (Fsp3) is 0.130. The third kappa shape index (κ3) is 5.87. The standard InChI is InChI=1S/C23H22ClN3O4S/c1-15-8-11-20(16(2)12-15)27-32(30,31)21-13-18(9-10-19(21)24)26-22(28)14-25-23(29)17-6-4-3-5-7-17/h3-13,27H,14H2,1-2H3,(H,25,29)(H,26,28). The van der Waals surface area contributed by atoms with Gasteiger partial charge in [0.15, 0.2) is 0 Å². The molecule has 0 aromatic heterocycles. The Labute approximate surface area is 191 Å². The zero-order chi connectivity index (χ0) is 23.3. The number of anilines is 2. The predicted octanol–water partition coefficient (Wildman–Crippen LogP) is 4.13. The van der Waals surface area contributed by atoms with Gasteiger partial charge in [-0.2, -0.15) is 0 Å². The average Bonchev–Trinajstić information content (AvgIpc) is 2.76. The highest BCUT2D eigenvalue weighted by Crippen LogP contribution is 2.28. The van der Waals surface area contributed by atoms with E-state index in [0.717, 1.165) is 11.1 Å². The molecule has 0 heterocycles. The molecule has 3 aromatic carbocycles. The Morgan fingerprint density at radius 3 is 2.34 bits per heavy atom. The van der Waals surface area contributed by atoms with Crippen molar-refractivity contribution in [1.82, 2.24) is 5.32 Å². The number of carbonyl (C=O) groups excluding carboxylic acids is 2. The van der Waals surface area contributed by atoms with Crippen molar-refractivity contribution in [3.05, 3.63) is 88.4 Å². The second-order valence-corrected chi connectivity index (χ2v) is 9.22. The van der Waals surface area contributed by atoms with Gasteiger partial charge in [0.25, 0.3) is 15.9 Å². The van der Waals surface area contributed by atoms with Crippen LogP contribution < -0.4 is 15.4 Å². The number of amides is 2. The zero-order valence-electron chi connectivity index (χ0n) is 17.5. The molecule has 0 aliphatic heterocycles. The van der Waals surface area contributed by atoms with Gasteiger partial charge in [-0.05, 0) is 55.8 Å². The lowest BCUT2D eigenvalue weighted by atomic mass is 10.1. The van der Waals surface area contributed by atoms with Gasteiger partial charge in [0.05, 0.1) is 17.3 Å². The highest BCUT2D eigenvalue weighted by atomic mass is 35.5. The van der Waals surface area contributed by atoms with Crippen LogP contribution in [0.1, 0.15) is 21.5 Å². The van der Waals surface area contributed by atoms with Crippen LogP contribution in [-0.4, -0.2) is 26.8 Å². The molecule has 0 saturated carbocycles. The summed E-state index contributed by atoms with van der Waals surface area (Å²) in [4.78, 5) is 24.1. The summed E-state index contributed by atoms with van der Waals surface area (Å²) in [6.07, 6.45) is 0. The number of halogens is 1. The van der Waals surface area contributed by atoms with Crippen LogP contribution in [0.4, 0.5) is 11.4 Å².